The van der Waals surface area contributed by atoms with Crippen LogP contribution in [0.2, 0.25) is 0 Å². The third kappa shape index (κ3) is 27.8. The number of phenols is 2. The number of anilines is 2. The number of benzene rings is 6. The molecule has 5 N–H and O–H groups in total. The third-order valence-electron chi connectivity index (χ3n) is 15.9. The maximum atomic E-state index is 13.2. The van der Waals surface area contributed by atoms with Crippen LogP contribution in [0.4, 0.5) is 11.4 Å². The van der Waals surface area contributed by atoms with Gasteiger partial charge in [-0.15, -0.1) is 0 Å². The number of aromatic hydroxyl groups is 2. The van der Waals surface area contributed by atoms with Gasteiger partial charge in [-0.25, -0.2) is 0 Å². The summed E-state index contributed by atoms with van der Waals surface area (Å²) in [6, 6.07) is 34.2. The Kier molecular flexibility index (Phi) is 32.4. The van der Waals surface area contributed by atoms with E-state index in [2.05, 4.69) is 51.0 Å². The maximum Gasteiger partial charge on any atom is 0.309 e. The van der Waals surface area contributed by atoms with Gasteiger partial charge in [0.1, 0.15) is 34.5 Å². The molecule has 0 saturated carbocycles. The fourth-order valence-corrected chi connectivity index (χ4v) is 9.28. The van der Waals surface area contributed by atoms with Gasteiger partial charge in [0.2, 0.25) is 17.1 Å². The number of ether oxygens (including phenoxy) is 4. The Labute approximate surface area is 569 Å². The van der Waals surface area contributed by atoms with Crippen LogP contribution < -0.4 is 29.6 Å². The van der Waals surface area contributed by atoms with Gasteiger partial charge in [0.25, 0.3) is 0 Å². The zero-order valence-corrected chi connectivity index (χ0v) is 59.5. The topological polar surface area (TPSA) is 215 Å². The monoisotopic (exact) mass is 1340 g/mol. The first kappa shape index (κ1) is 79.6. The molecular weight excluding hydrogens is 1240 g/mol. The van der Waals surface area contributed by atoms with E-state index in [1.54, 1.807) is 50.5 Å². The fraction of sp³-hybridized carbons (Fsp3) is 0.447. The first-order valence-corrected chi connectivity index (χ1v) is 32.1. The summed E-state index contributed by atoms with van der Waals surface area (Å²) in [4.78, 5) is 57.3. The number of phenolic OH excluding ortho intramolecular Hbond substituents is 2. The molecule has 0 spiro atoms. The number of nitrogens with zero attached hydrogens (tertiary/aromatic N) is 2. The minimum atomic E-state index is -0.755. The fourth-order valence-electron chi connectivity index (χ4n) is 9.18. The molecule has 17 heteroatoms. The van der Waals surface area contributed by atoms with Crippen molar-refractivity contribution in [3.05, 3.63) is 165 Å². The number of aliphatic carboxylic acids is 1. The smallest absolute Gasteiger partial charge is 0.309 e. The van der Waals surface area contributed by atoms with Crippen molar-refractivity contribution in [2.45, 2.75) is 162 Å². The molecule has 0 saturated heterocycles. The summed E-state index contributed by atoms with van der Waals surface area (Å²) in [7, 11) is 0. The minimum Gasteiger partial charge on any atom is -0.507 e. The Hall–Kier alpha value is -7.65. The minimum absolute atomic E-state index is 0. The van der Waals surface area contributed by atoms with Gasteiger partial charge in [-0.3, -0.25) is 29.2 Å². The molecule has 0 fully saturated rings. The van der Waals surface area contributed by atoms with E-state index in [1.165, 1.54) is 23.3 Å². The van der Waals surface area contributed by atoms with E-state index in [9.17, 15) is 29.4 Å². The van der Waals surface area contributed by atoms with Crippen molar-refractivity contribution in [2.24, 2.45) is 31.6 Å². The van der Waals surface area contributed by atoms with Crippen molar-refractivity contribution in [1.29, 1.82) is 0 Å². The number of nitrogens with one attached hydrogen (secondary N) is 2. The van der Waals surface area contributed by atoms with E-state index >= 15 is 0 Å². The first-order chi connectivity index (χ1) is 43.2. The van der Waals surface area contributed by atoms with Crippen molar-refractivity contribution < 1.29 is 70.5 Å². The van der Waals surface area contributed by atoms with Crippen molar-refractivity contribution in [3.63, 3.8) is 0 Å². The number of halogens is 1. The molecule has 0 unspecified atom stereocenters. The number of carbonyl (C=O) groups is 4. The molecule has 0 aromatic heterocycles. The van der Waals surface area contributed by atoms with Crippen LogP contribution in [0, 0.1) is 77.0 Å². The Morgan fingerprint density at radius 3 is 0.989 bits per heavy atom. The molecule has 6 aromatic rings. The number of hydrogen-bond donors (Lipinski definition) is 5. The van der Waals surface area contributed by atoms with Crippen LogP contribution in [0.25, 0.3) is 0 Å². The largest absolute Gasteiger partial charge is 0.507 e. The first-order valence-electron chi connectivity index (χ1n) is 31.7. The Morgan fingerprint density at radius 1 is 0.430 bits per heavy atom. The van der Waals surface area contributed by atoms with Crippen LogP contribution in [-0.2, 0) is 36.2 Å². The van der Waals surface area contributed by atoms with Gasteiger partial charge in [-0.1, -0.05) is 90.1 Å². The molecule has 506 valence electrons. The summed E-state index contributed by atoms with van der Waals surface area (Å²) >= 11 is 5.53. The summed E-state index contributed by atoms with van der Waals surface area (Å²) < 4.78 is 23.4. The second kappa shape index (κ2) is 37.9. The second-order valence-corrected chi connectivity index (χ2v) is 26.9. The second-order valence-electron chi connectivity index (χ2n) is 26.5. The van der Waals surface area contributed by atoms with Gasteiger partial charge in [0, 0.05) is 68.2 Å². The molecular formula is C76H101ClFeN4O11. The van der Waals surface area contributed by atoms with Gasteiger partial charge in [0.05, 0.1) is 44.9 Å². The summed E-state index contributed by atoms with van der Waals surface area (Å²) in [5, 5.41) is 35.5. The van der Waals surface area contributed by atoms with Gasteiger partial charge in [0.15, 0.2) is 0 Å². The van der Waals surface area contributed by atoms with E-state index in [0.29, 0.717) is 81.3 Å². The van der Waals surface area contributed by atoms with E-state index in [1.807, 2.05) is 139 Å². The number of carbonyl (C=O) groups excluding carboxylic acids is 3. The maximum absolute atomic E-state index is 13.2. The van der Waals surface area contributed by atoms with Crippen molar-refractivity contribution in [2.75, 3.05) is 50.2 Å². The number of carboxylic acid groups (broad SMARTS) is 1. The molecule has 0 bridgehead atoms. The molecule has 0 aliphatic heterocycles. The average Bonchev–Trinajstić information content (AvgIpc) is 1.37. The molecule has 0 aliphatic carbocycles. The van der Waals surface area contributed by atoms with Crippen LogP contribution in [0.3, 0.4) is 0 Å². The Balaban J connectivity index is 0.000000493. The summed E-state index contributed by atoms with van der Waals surface area (Å²) in [5.74, 6) is 2.61. The summed E-state index contributed by atoms with van der Waals surface area (Å²) in [6.45, 7) is 33.9. The van der Waals surface area contributed by atoms with Crippen molar-refractivity contribution in [3.8, 4) is 34.5 Å². The number of carboxylic acids is 1. The normalized spacial score (nSPS) is 11.6. The number of aliphatic imine (C=N–C) groups is 2. The van der Waals surface area contributed by atoms with E-state index in [-0.39, 0.29) is 45.6 Å². The van der Waals surface area contributed by atoms with E-state index < -0.39 is 27.6 Å². The zero-order valence-electron chi connectivity index (χ0n) is 57.7. The van der Waals surface area contributed by atoms with Crippen LogP contribution in [0.1, 0.15) is 162 Å². The average molecular weight is 1340 g/mol. The molecule has 6 rings (SSSR count). The molecule has 15 nitrogen and oxygen atoms in total. The SMILES string of the molecule is Cc1ccc(C)c(OCCCC(C)(C)C(=O)Cl)c1.Cc1ccc(C)c(OCCCC(C)(C)C(=O)Nc2ccc(O)c(C=NCCN=Cc3cc(NC(=O)C(C)(C)CCCOc4cc(C)ccc4C)ccc3O)c2)c1.Cc1ccc(C)c(OCCCC(C)(C)C(=O)O)c1.[Fe]. The van der Waals surface area contributed by atoms with Crippen LogP contribution in [0.15, 0.2) is 119 Å². The molecule has 2 amide bonds. The number of amides is 2. The molecule has 93 heavy (non-hydrogen) atoms. The molecule has 0 heterocycles. The summed E-state index contributed by atoms with van der Waals surface area (Å²) in [6.07, 6.45) is 8.71. The number of aryl methyl sites for hydroxylation is 8. The predicted octanol–water partition coefficient (Wildman–Crippen LogP) is 17.3. The van der Waals surface area contributed by atoms with Gasteiger partial charge in [-0.05, 0) is 237 Å². The predicted molar refractivity (Wildman–Crippen MR) is 375 cm³/mol. The van der Waals surface area contributed by atoms with Gasteiger partial charge >= 0.3 is 5.97 Å². The molecule has 0 atom stereocenters. The Bertz CT molecular complexity index is 3260. The van der Waals surface area contributed by atoms with Crippen LogP contribution in [0.5, 0.6) is 34.5 Å². The van der Waals surface area contributed by atoms with Crippen LogP contribution in [-0.4, -0.2) is 90.3 Å². The van der Waals surface area contributed by atoms with E-state index in [0.717, 1.165) is 88.5 Å². The standard InChI is InChI=1S/C46H58N4O6.C15H21ClO2.C15H22O3.Fe/c1-31-11-13-33(3)41(25-31)55-23-9-19-45(5,6)43(53)49-37-15-17-39(51)35(27-37)29-47-21-22-48-30-36-28-38(16-18-40(36)52)50-44(54)46(7,8)20-10-24-56-42-26-32(2)12-14-34(42)4;2*1-11-6-7-12(2)13(10-11)18-9-5-8-15(3,4)14(16)17;/h11-18,25-30,51-52H,9-10,19-24H2,1-8H3,(H,49,53)(H,50,54);6-7,10H,5,8-9H2,1-4H3;6-7,10H,5,8-9H2,1-4H3,(H,16,17);. The molecule has 6 aromatic carbocycles. The molecule has 0 aliphatic rings. The number of hydrogen-bond acceptors (Lipinski definition) is 12. The quantitative estimate of drug-likeness (QED) is 0.00907. The van der Waals surface area contributed by atoms with Crippen molar-refractivity contribution >= 4 is 58.4 Å². The molecule has 0 radical (unpaired) electrons. The Morgan fingerprint density at radius 2 is 0.710 bits per heavy atom. The third-order valence-corrected chi connectivity index (χ3v) is 16.4. The van der Waals surface area contributed by atoms with Gasteiger partial charge in [-0.2, -0.15) is 0 Å². The van der Waals surface area contributed by atoms with E-state index in [4.69, 9.17) is 35.7 Å². The van der Waals surface area contributed by atoms with Gasteiger partial charge < -0.3 is 44.9 Å². The zero-order chi connectivity index (χ0) is 68.4. The van der Waals surface area contributed by atoms with Crippen LogP contribution >= 0.6 is 11.6 Å². The summed E-state index contributed by atoms with van der Waals surface area (Å²) in [5.41, 5.74) is 8.67. The van der Waals surface area contributed by atoms with Crippen molar-refractivity contribution in [1.82, 2.24) is 0 Å². The number of rotatable bonds is 31.